The summed E-state index contributed by atoms with van der Waals surface area (Å²) in [5.41, 5.74) is 2.54. The highest BCUT2D eigenvalue weighted by atomic mass is 15.6. The van der Waals surface area contributed by atoms with Crippen LogP contribution in [0.4, 0.5) is 0 Å². The number of nitrogens with zero attached hydrogens (tertiary/aromatic N) is 7. The average Bonchev–Trinajstić information content (AvgIpc) is 3.04. The zero-order chi connectivity index (χ0) is 11.9. The van der Waals surface area contributed by atoms with Crippen LogP contribution < -0.4 is 0 Å². The number of tetrazole rings is 1. The first kappa shape index (κ1) is 9.23. The van der Waals surface area contributed by atoms with Crippen LogP contribution in [0.1, 0.15) is 0 Å². The monoisotopic (exact) mass is 237 g/mol. The summed E-state index contributed by atoms with van der Waals surface area (Å²) < 4.78 is 3.29. The largest absolute Gasteiger partial charge is 0.281 e. The summed E-state index contributed by atoms with van der Waals surface area (Å²) >= 11 is 0. The summed E-state index contributed by atoms with van der Waals surface area (Å²) in [5.74, 6) is 0.725. The molecule has 1 aromatic carbocycles. The predicted octanol–water partition coefficient (Wildman–Crippen LogP) is 0.858. The van der Waals surface area contributed by atoms with Crippen molar-refractivity contribution in [3.8, 4) is 5.82 Å². The van der Waals surface area contributed by atoms with Gasteiger partial charge in [-0.05, 0) is 34.7 Å². The Morgan fingerprint density at radius 3 is 2.94 bits per heavy atom. The fraction of sp³-hybridized carbons (Fsp3) is 0. The minimum absolute atomic E-state index is 0.614. The molecule has 0 saturated heterocycles. The van der Waals surface area contributed by atoms with Crippen molar-refractivity contribution in [2.24, 2.45) is 0 Å². The first-order valence-electron chi connectivity index (χ1n) is 5.40. The maximum Gasteiger partial charge on any atom is 0.200 e. The SMILES string of the molecule is c1ccc2c(c1)ncn2-c1ccc2nnnn2n1. The summed E-state index contributed by atoms with van der Waals surface area (Å²) in [7, 11) is 0. The number of fused-ring (bicyclic) bond motifs is 2. The van der Waals surface area contributed by atoms with Crippen molar-refractivity contribution in [2.75, 3.05) is 0 Å². The van der Waals surface area contributed by atoms with Crippen LogP contribution in [0, 0.1) is 0 Å². The van der Waals surface area contributed by atoms with Crippen LogP contribution in [0.15, 0.2) is 42.7 Å². The molecule has 0 spiro atoms. The van der Waals surface area contributed by atoms with Gasteiger partial charge < -0.3 is 0 Å². The molecule has 0 radical (unpaired) electrons. The van der Waals surface area contributed by atoms with E-state index in [0.29, 0.717) is 5.65 Å². The van der Waals surface area contributed by atoms with Crippen molar-refractivity contribution < 1.29 is 0 Å². The van der Waals surface area contributed by atoms with Crippen molar-refractivity contribution in [3.63, 3.8) is 0 Å². The second kappa shape index (κ2) is 3.33. The summed E-state index contributed by atoms with van der Waals surface area (Å²) in [4.78, 5) is 4.32. The van der Waals surface area contributed by atoms with Gasteiger partial charge >= 0.3 is 0 Å². The summed E-state index contributed by atoms with van der Waals surface area (Å²) in [6, 6.07) is 11.6. The number of hydrogen-bond donors (Lipinski definition) is 0. The molecule has 7 heteroatoms. The Bertz CT molecular complexity index is 844. The molecule has 0 saturated carbocycles. The maximum atomic E-state index is 4.33. The molecule has 4 rings (SSSR count). The van der Waals surface area contributed by atoms with Gasteiger partial charge in [0.25, 0.3) is 0 Å². The molecule has 18 heavy (non-hydrogen) atoms. The molecule has 86 valence electrons. The molecular formula is C11H7N7. The Balaban J connectivity index is 2.00. The Kier molecular flexibility index (Phi) is 1.71. The molecule has 3 aromatic heterocycles. The molecular weight excluding hydrogens is 230 g/mol. The van der Waals surface area contributed by atoms with Crippen molar-refractivity contribution in [1.82, 2.24) is 34.8 Å². The van der Waals surface area contributed by atoms with E-state index >= 15 is 0 Å². The van der Waals surface area contributed by atoms with E-state index in [4.69, 9.17) is 0 Å². The maximum absolute atomic E-state index is 4.33. The van der Waals surface area contributed by atoms with Gasteiger partial charge in [-0.2, -0.15) is 0 Å². The van der Waals surface area contributed by atoms with Crippen molar-refractivity contribution in [3.05, 3.63) is 42.7 Å². The molecule has 0 N–H and O–H groups in total. The Labute approximate surface area is 101 Å². The third-order valence-corrected chi connectivity index (χ3v) is 2.76. The van der Waals surface area contributed by atoms with Gasteiger partial charge in [-0.1, -0.05) is 12.1 Å². The topological polar surface area (TPSA) is 73.8 Å². The average molecular weight is 237 g/mol. The molecule has 0 aliphatic rings. The number of hydrogen-bond acceptors (Lipinski definition) is 5. The fourth-order valence-electron chi connectivity index (χ4n) is 1.91. The van der Waals surface area contributed by atoms with Crippen LogP contribution in [0.5, 0.6) is 0 Å². The molecule has 0 fully saturated rings. The number of benzene rings is 1. The van der Waals surface area contributed by atoms with Gasteiger partial charge in [0.2, 0.25) is 0 Å². The molecule has 0 atom stereocenters. The van der Waals surface area contributed by atoms with E-state index < -0.39 is 0 Å². The normalized spacial score (nSPS) is 11.3. The lowest BCUT2D eigenvalue weighted by molar-refractivity contribution is 0.720. The van der Waals surface area contributed by atoms with Gasteiger partial charge in [0.15, 0.2) is 11.5 Å². The highest BCUT2D eigenvalue weighted by Gasteiger charge is 2.06. The standard InChI is InChI=1S/C11H7N7/c1-2-4-9-8(3-1)12-7-17(9)11-6-5-10-13-15-16-18(10)14-11/h1-7H. The number of para-hydroxylation sites is 2. The van der Waals surface area contributed by atoms with Crippen molar-refractivity contribution in [1.29, 1.82) is 0 Å². The van der Waals surface area contributed by atoms with Gasteiger partial charge in [0, 0.05) is 0 Å². The zero-order valence-corrected chi connectivity index (χ0v) is 9.17. The highest BCUT2D eigenvalue weighted by molar-refractivity contribution is 5.76. The molecule has 0 amide bonds. The first-order valence-corrected chi connectivity index (χ1v) is 5.40. The van der Waals surface area contributed by atoms with Crippen molar-refractivity contribution >= 4 is 16.7 Å². The van der Waals surface area contributed by atoms with Gasteiger partial charge in [-0.3, -0.25) is 4.57 Å². The van der Waals surface area contributed by atoms with Crippen LogP contribution in [-0.4, -0.2) is 34.8 Å². The van der Waals surface area contributed by atoms with Crippen LogP contribution in [0.3, 0.4) is 0 Å². The smallest absolute Gasteiger partial charge is 0.200 e. The predicted molar refractivity (Wildman–Crippen MR) is 63.2 cm³/mol. The van der Waals surface area contributed by atoms with Crippen LogP contribution in [0.25, 0.3) is 22.5 Å². The van der Waals surface area contributed by atoms with E-state index in [2.05, 4.69) is 25.6 Å². The lowest BCUT2D eigenvalue weighted by Crippen LogP contribution is -2.02. The zero-order valence-electron chi connectivity index (χ0n) is 9.17. The summed E-state index contributed by atoms with van der Waals surface area (Å²) in [6.07, 6.45) is 1.74. The van der Waals surface area contributed by atoms with E-state index in [1.165, 1.54) is 4.63 Å². The summed E-state index contributed by atoms with van der Waals surface area (Å²) in [5, 5.41) is 15.5. The van der Waals surface area contributed by atoms with E-state index in [1.807, 2.05) is 41.0 Å². The summed E-state index contributed by atoms with van der Waals surface area (Å²) in [6.45, 7) is 0. The first-order chi connectivity index (χ1) is 8.92. The van der Waals surface area contributed by atoms with Gasteiger partial charge in [-0.15, -0.1) is 14.8 Å². The molecule has 0 aliphatic carbocycles. The van der Waals surface area contributed by atoms with Crippen LogP contribution in [0.2, 0.25) is 0 Å². The molecule has 3 heterocycles. The fourth-order valence-corrected chi connectivity index (χ4v) is 1.91. The second-order valence-corrected chi connectivity index (χ2v) is 3.82. The Morgan fingerprint density at radius 2 is 1.94 bits per heavy atom. The van der Waals surface area contributed by atoms with Gasteiger partial charge in [0.1, 0.15) is 6.33 Å². The van der Waals surface area contributed by atoms with Crippen LogP contribution in [-0.2, 0) is 0 Å². The third kappa shape index (κ3) is 1.21. The molecule has 4 aromatic rings. The van der Waals surface area contributed by atoms with E-state index in [0.717, 1.165) is 16.9 Å². The molecule has 0 unspecified atom stereocenters. The van der Waals surface area contributed by atoms with Crippen LogP contribution >= 0.6 is 0 Å². The number of rotatable bonds is 1. The lowest BCUT2D eigenvalue weighted by Gasteiger charge is -2.01. The highest BCUT2D eigenvalue weighted by Crippen LogP contribution is 2.15. The van der Waals surface area contributed by atoms with E-state index in [9.17, 15) is 0 Å². The van der Waals surface area contributed by atoms with Crippen molar-refractivity contribution in [2.45, 2.75) is 0 Å². The quantitative estimate of drug-likeness (QED) is 0.491. The number of imidazole rings is 1. The second-order valence-electron chi connectivity index (χ2n) is 3.82. The third-order valence-electron chi connectivity index (χ3n) is 2.76. The molecule has 0 aliphatic heterocycles. The van der Waals surface area contributed by atoms with Gasteiger partial charge in [0.05, 0.1) is 11.0 Å². The molecule has 0 bridgehead atoms. The van der Waals surface area contributed by atoms with Gasteiger partial charge in [-0.25, -0.2) is 4.98 Å². The Hall–Kier alpha value is -2.83. The minimum atomic E-state index is 0.614. The molecule has 7 nitrogen and oxygen atoms in total. The Morgan fingerprint density at radius 1 is 1.00 bits per heavy atom. The lowest BCUT2D eigenvalue weighted by atomic mass is 10.3. The minimum Gasteiger partial charge on any atom is -0.281 e. The van der Waals surface area contributed by atoms with E-state index in [-0.39, 0.29) is 0 Å². The number of aromatic nitrogens is 7. The van der Waals surface area contributed by atoms with E-state index in [1.54, 1.807) is 6.33 Å².